The van der Waals surface area contributed by atoms with Crippen LogP contribution in [0, 0.1) is 15.5 Å². The monoisotopic (exact) mass is 459 g/mol. The lowest BCUT2D eigenvalue weighted by Gasteiger charge is -2.35. The van der Waals surface area contributed by atoms with Gasteiger partial charge in [0.2, 0.25) is 0 Å². The van der Waals surface area contributed by atoms with Crippen LogP contribution in [0.15, 0.2) is 75.7 Å². The molecule has 3 aromatic rings. The van der Waals surface area contributed by atoms with E-state index < -0.39 is 11.0 Å². The first kappa shape index (κ1) is 21.2. The molecule has 0 spiro atoms. The van der Waals surface area contributed by atoms with E-state index in [1.807, 2.05) is 44.2 Å². The largest absolute Gasteiger partial charge is 0.294 e. The molecule has 1 atom stereocenters. The summed E-state index contributed by atoms with van der Waals surface area (Å²) < 4.78 is 1.91. The average Bonchev–Trinajstić information content (AvgIpc) is 3.07. The zero-order chi connectivity index (χ0) is 23.3. The van der Waals surface area contributed by atoms with Gasteiger partial charge in [-0.3, -0.25) is 24.3 Å². The highest BCUT2D eigenvalue weighted by Crippen LogP contribution is 2.43. The molecule has 0 saturated carbocycles. The lowest BCUT2D eigenvalue weighted by atomic mass is 9.73. The van der Waals surface area contributed by atoms with Crippen LogP contribution in [0.25, 0.3) is 6.08 Å². The highest BCUT2D eigenvalue weighted by molar-refractivity contribution is 7.07. The predicted molar refractivity (Wildman–Crippen MR) is 126 cm³/mol. The van der Waals surface area contributed by atoms with Gasteiger partial charge in [0.05, 0.1) is 26.8 Å². The van der Waals surface area contributed by atoms with E-state index in [1.165, 1.54) is 17.4 Å². The number of aromatic nitrogens is 1. The van der Waals surface area contributed by atoms with Crippen LogP contribution in [0.2, 0.25) is 0 Å². The van der Waals surface area contributed by atoms with E-state index in [4.69, 9.17) is 4.99 Å². The van der Waals surface area contributed by atoms with Crippen molar-refractivity contribution in [2.75, 3.05) is 0 Å². The first-order valence-electron chi connectivity index (χ1n) is 10.6. The van der Waals surface area contributed by atoms with E-state index >= 15 is 0 Å². The van der Waals surface area contributed by atoms with Crippen LogP contribution in [0.1, 0.15) is 43.9 Å². The molecule has 0 bridgehead atoms. The summed E-state index contributed by atoms with van der Waals surface area (Å²) in [6.45, 7) is 4.09. The van der Waals surface area contributed by atoms with E-state index in [-0.39, 0.29) is 22.4 Å². The molecular formula is C25H21N3O4S. The molecular weight excluding hydrogens is 438 g/mol. The molecule has 0 N–H and O–H groups in total. The molecule has 166 valence electrons. The maximum Gasteiger partial charge on any atom is 0.276 e. The fraction of sp³-hybridized carbons (Fsp3) is 0.240. The zero-order valence-corrected chi connectivity index (χ0v) is 19.0. The van der Waals surface area contributed by atoms with Crippen molar-refractivity contribution in [2.45, 2.75) is 32.7 Å². The number of nitro groups is 1. The Balaban J connectivity index is 1.78. The Bertz CT molecular complexity index is 1510. The zero-order valence-electron chi connectivity index (χ0n) is 18.1. The lowest BCUT2D eigenvalue weighted by molar-refractivity contribution is -0.385. The summed E-state index contributed by atoms with van der Waals surface area (Å²) in [6, 6.07) is 15.2. The van der Waals surface area contributed by atoms with Gasteiger partial charge in [-0.05, 0) is 29.5 Å². The van der Waals surface area contributed by atoms with E-state index in [9.17, 15) is 19.7 Å². The molecule has 1 unspecified atom stereocenters. The second kappa shape index (κ2) is 7.74. The summed E-state index contributed by atoms with van der Waals surface area (Å²) in [6.07, 6.45) is 2.58. The summed E-state index contributed by atoms with van der Waals surface area (Å²) in [5.74, 6) is 0.00632. The summed E-state index contributed by atoms with van der Waals surface area (Å²) in [5, 5.41) is 11.4. The van der Waals surface area contributed by atoms with Crippen molar-refractivity contribution in [3.8, 4) is 0 Å². The highest BCUT2D eigenvalue weighted by Gasteiger charge is 2.40. The van der Waals surface area contributed by atoms with Crippen molar-refractivity contribution in [3.63, 3.8) is 0 Å². The Labute approximate surface area is 193 Å². The molecule has 0 amide bonds. The number of hydrogen-bond acceptors (Lipinski definition) is 6. The van der Waals surface area contributed by atoms with Gasteiger partial charge in [0.1, 0.15) is 0 Å². The number of rotatable bonds is 3. The number of carbonyl (C=O) groups is 1. The van der Waals surface area contributed by atoms with Gasteiger partial charge in [-0.25, -0.2) is 4.99 Å². The topological polar surface area (TPSA) is 94.6 Å². The van der Waals surface area contributed by atoms with Crippen LogP contribution >= 0.6 is 11.3 Å². The molecule has 1 aromatic heterocycles. The number of para-hydroxylation sites is 1. The Morgan fingerprint density at radius 2 is 1.79 bits per heavy atom. The first-order valence-corrected chi connectivity index (χ1v) is 11.4. The number of nitrogens with zero attached hydrogens (tertiary/aromatic N) is 3. The van der Waals surface area contributed by atoms with E-state index in [2.05, 4.69) is 0 Å². The third-order valence-corrected chi connectivity index (χ3v) is 7.01. The van der Waals surface area contributed by atoms with Crippen molar-refractivity contribution in [2.24, 2.45) is 10.4 Å². The Morgan fingerprint density at radius 3 is 2.52 bits per heavy atom. The SMILES string of the molecule is CC1(C)CC(=O)C2=C(C1)N=c1sc(=Cc3ccccc3[N+](=O)[O-])c(=O)n1C2c1ccccc1. The Hall–Kier alpha value is -3.65. The van der Waals surface area contributed by atoms with Gasteiger partial charge in [-0.15, -0.1) is 0 Å². The number of benzene rings is 2. The van der Waals surface area contributed by atoms with E-state index in [0.29, 0.717) is 33.3 Å². The molecule has 5 rings (SSSR count). The minimum atomic E-state index is -0.561. The molecule has 1 aliphatic heterocycles. The van der Waals surface area contributed by atoms with Gasteiger partial charge in [-0.2, -0.15) is 0 Å². The number of carbonyl (C=O) groups excluding carboxylic acids is 1. The maximum absolute atomic E-state index is 13.6. The molecule has 0 fully saturated rings. The van der Waals surface area contributed by atoms with E-state index in [1.54, 1.807) is 28.8 Å². The maximum atomic E-state index is 13.6. The van der Waals surface area contributed by atoms with Gasteiger partial charge in [0.15, 0.2) is 10.6 Å². The van der Waals surface area contributed by atoms with Crippen LogP contribution in [0.4, 0.5) is 5.69 Å². The Kier molecular flexibility index (Phi) is 4.97. The van der Waals surface area contributed by atoms with Gasteiger partial charge in [0, 0.05) is 18.1 Å². The molecule has 8 heteroatoms. The number of ketones is 1. The fourth-order valence-electron chi connectivity index (χ4n) is 4.62. The smallest absolute Gasteiger partial charge is 0.276 e. The van der Waals surface area contributed by atoms with E-state index in [0.717, 1.165) is 11.3 Å². The lowest BCUT2D eigenvalue weighted by Crippen LogP contribution is -2.42. The minimum absolute atomic E-state index is 0.00632. The second-order valence-corrected chi connectivity index (χ2v) is 10.1. The van der Waals surface area contributed by atoms with Gasteiger partial charge in [0.25, 0.3) is 11.2 Å². The summed E-state index contributed by atoms with van der Waals surface area (Å²) in [4.78, 5) is 43.1. The van der Waals surface area contributed by atoms with Crippen molar-refractivity contribution in [3.05, 3.63) is 107 Å². The third-order valence-electron chi connectivity index (χ3n) is 6.03. The van der Waals surface area contributed by atoms with Gasteiger partial charge >= 0.3 is 0 Å². The van der Waals surface area contributed by atoms with Gasteiger partial charge in [-0.1, -0.05) is 67.6 Å². The standard InChI is InChI=1S/C25H21N3O4S/c1-25(2)13-17-21(19(29)14-25)22(15-8-4-3-5-9-15)27-23(30)20(33-24(27)26-17)12-16-10-6-7-11-18(16)28(31)32/h3-12,22H,13-14H2,1-2H3. The molecule has 33 heavy (non-hydrogen) atoms. The number of allylic oxidation sites excluding steroid dienone is 2. The highest BCUT2D eigenvalue weighted by atomic mass is 32.1. The molecule has 2 aromatic carbocycles. The molecule has 2 aliphatic rings. The number of Topliss-reactive ketones (excluding diaryl/α,β-unsaturated/α-hetero) is 1. The van der Waals surface area contributed by atoms with Crippen molar-refractivity contribution < 1.29 is 9.72 Å². The number of nitro benzene ring substituents is 1. The van der Waals surface area contributed by atoms with Crippen LogP contribution < -0.4 is 14.9 Å². The van der Waals surface area contributed by atoms with Crippen molar-refractivity contribution >= 4 is 28.9 Å². The molecule has 7 nitrogen and oxygen atoms in total. The summed E-state index contributed by atoms with van der Waals surface area (Å²) >= 11 is 1.19. The molecule has 1 aliphatic carbocycles. The molecule has 0 radical (unpaired) electrons. The van der Waals surface area contributed by atoms with Gasteiger partial charge < -0.3 is 0 Å². The molecule has 2 heterocycles. The predicted octanol–water partition coefficient (Wildman–Crippen LogP) is 3.51. The molecule has 0 saturated heterocycles. The van der Waals surface area contributed by atoms with Crippen LogP contribution in [-0.4, -0.2) is 15.3 Å². The van der Waals surface area contributed by atoms with Crippen LogP contribution in [0.5, 0.6) is 0 Å². The van der Waals surface area contributed by atoms with Crippen LogP contribution in [-0.2, 0) is 4.79 Å². The third kappa shape index (κ3) is 3.66. The normalized spacial score (nSPS) is 19.6. The average molecular weight is 460 g/mol. The summed E-state index contributed by atoms with van der Waals surface area (Å²) in [5.41, 5.74) is 1.90. The van der Waals surface area contributed by atoms with Crippen molar-refractivity contribution in [1.29, 1.82) is 0 Å². The Morgan fingerprint density at radius 1 is 1.09 bits per heavy atom. The summed E-state index contributed by atoms with van der Waals surface area (Å²) in [7, 11) is 0. The number of thiazole rings is 1. The quantitative estimate of drug-likeness (QED) is 0.442. The number of hydrogen-bond donors (Lipinski definition) is 0. The second-order valence-electron chi connectivity index (χ2n) is 9.11. The first-order chi connectivity index (χ1) is 15.7. The minimum Gasteiger partial charge on any atom is -0.294 e. The van der Waals surface area contributed by atoms with Crippen molar-refractivity contribution in [1.82, 2.24) is 4.57 Å². The fourth-order valence-corrected chi connectivity index (χ4v) is 5.63. The number of fused-ring (bicyclic) bond motifs is 1. The van der Waals surface area contributed by atoms with Crippen LogP contribution in [0.3, 0.4) is 0 Å².